The van der Waals surface area contributed by atoms with Crippen LogP contribution in [0.5, 0.6) is 5.75 Å². The van der Waals surface area contributed by atoms with Crippen LogP contribution in [0.1, 0.15) is 0 Å². The molecule has 1 N–H and O–H groups in total. The number of carbonyl (C=O) groups excluding carboxylic acids is 3. The number of hydrogen-bond donors (Lipinski definition) is 1. The second kappa shape index (κ2) is 5.40. The number of rotatable bonds is 1. The average Bonchev–Trinajstić information content (AvgIpc) is 2.29. The van der Waals surface area contributed by atoms with Crippen molar-refractivity contribution in [2.45, 2.75) is 0 Å². The molecule has 0 atom stereocenters. The standard InChI is InChI=1S/C10H6O7/c11-7(12)8(13)17-10(15)9(14)16-6-4-2-1-3-5-6/h1-5H,(H,11,12). The van der Waals surface area contributed by atoms with Gasteiger partial charge in [0, 0.05) is 0 Å². The van der Waals surface area contributed by atoms with Crippen molar-refractivity contribution in [3.05, 3.63) is 30.3 Å². The smallest absolute Gasteiger partial charge is 0.425 e. The summed E-state index contributed by atoms with van der Waals surface area (Å²) in [5, 5.41) is 8.12. The van der Waals surface area contributed by atoms with Gasteiger partial charge in [-0.15, -0.1) is 0 Å². The number of aliphatic carboxylic acids is 1. The Morgan fingerprint density at radius 3 is 2.00 bits per heavy atom. The number of carboxylic acids is 1. The highest BCUT2D eigenvalue weighted by Gasteiger charge is 2.25. The molecule has 0 amide bonds. The molecule has 0 saturated carbocycles. The summed E-state index contributed by atoms with van der Waals surface area (Å²) in [7, 11) is 0. The first-order valence-corrected chi connectivity index (χ1v) is 4.27. The average molecular weight is 238 g/mol. The second-order valence-corrected chi connectivity index (χ2v) is 2.68. The van der Waals surface area contributed by atoms with Crippen LogP contribution < -0.4 is 4.74 Å². The zero-order valence-corrected chi connectivity index (χ0v) is 8.28. The Kier molecular flexibility index (Phi) is 3.93. The van der Waals surface area contributed by atoms with Crippen molar-refractivity contribution >= 4 is 23.9 Å². The number of hydrogen-bond acceptors (Lipinski definition) is 6. The van der Waals surface area contributed by atoms with E-state index in [4.69, 9.17) is 5.11 Å². The summed E-state index contributed by atoms with van der Waals surface area (Å²) >= 11 is 0. The number of ether oxygens (including phenoxy) is 2. The molecule has 0 aromatic heterocycles. The monoisotopic (exact) mass is 238 g/mol. The molecule has 0 unspecified atom stereocenters. The lowest BCUT2D eigenvalue weighted by Gasteiger charge is -2.01. The van der Waals surface area contributed by atoms with Gasteiger partial charge in [-0.2, -0.15) is 0 Å². The number of carboxylic acid groups (broad SMARTS) is 1. The van der Waals surface area contributed by atoms with Gasteiger partial charge in [-0.05, 0) is 12.1 Å². The van der Waals surface area contributed by atoms with Crippen molar-refractivity contribution in [3.63, 3.8) is 0 Å². The molecule has 1 aromatic carbocycles. The van der Waals surface area contributed by atoms with Crippen LogP contribution in [0.25, 0.3) is 0 Å². The van der Waals surface area contributed by atoms with Gasteiger partial charge in [-0.1, -0.05) is 18.2 Å². The summed E-state index contributed by atoms with van der Waals surface area (Å²) in [5.41, 5.74) is 0. The second-order valence-electron chi connectivity index (χ2n) is 2.68. The van der Waals surface area contributed by atoms with Crippen molar-refractivity contribution < 1.29 is 33.8 Å². The van der Waals surface area contributed by atoms with Crippen LogP contribution in [0, 0.1) is 0 Å². The number of esters is 3. The minimum atomic E-state index is -1.98. The molecular weight excluding hydrogens is 232 g/mol. The lowest BCUT2D eigenvalue weighted by Crippen LogP contribution is -2.28. The molecule has 0 aliphatic heterocycles. The summed E-state index contributed by atoms with van der Waals surface area (Å²) in [5.74, 6) is -6.94. The molecule has 1 rings (SSSR count). The summed E-state index contributed by atoms with van der Waals surface area (Å²) in [6.07, 6.45) is 0. The van der Waals surface area contributed by atoms with Gasteiger partial charge < -0.3 is 14.6 Å². The van der Waals surface area contributed by atoms with Crippen molar-refractivity contribution in [1.29, 1.82) is 0 Å². The van der Waals surface area contributed by atoms with E-state index in [2.05, 4.69) is 9.47 Å². The minimum Gasteiger partial charge on any atom is -0.473 e. The molecule has 17 heavy (non-hydrogen) atoms. The molecule has 7 heteroatoms. The maximum Gasteiger partial charge on any atom is 0.425 e. The molecule has 88 valence electrons. The molecule has 0 aliphatic carbocycles. The topological polar surface area (TPSA) is 107 Å². The van der Waals surface area contributed by atoms with Crippen molar-refractivity contribution in [2.75, 3.05) is 0 Å². The summed E-state index contributed by atoms with van der Waals surface area (Å²) in [4.78, 5) is 42.4. The fraction of sp³-hybridized carbons (Fsp3) is 0. The lowest BCUT2D eigenvalue weighted by molar-refractivity contribution is -0.175. The first-order valence-electron chi connectivity index (χ1n) is 4.27. The van der Waals surface area contributed by atoms with Gasteiger partial charge in [0.05, 0.1) is 0 Å². The molecule has 0 saturated heterocycles. The molecule has 0 heterocycles. The largest absolute Gasteiger partial charge is 0.473 e. The third-order valence-electron chi connectivity index (χ3n) is 1.48. The minimum absolute atomic E-state index is 0.0669. The van der Waals surface area contributed by atoms with Gasteiger partial charge in [0.25, 0.3) is 0 Å². The lowest BCUT2D eigenvalue weighted by atomic mass is 10.3. The predicted molar refractivity (Wildman–Crippen MR) is 50.8 cm³/mol. The van der Waals surface area contributed by atoms with E-state index in [0.717, 1.165) is 0 Å². The zero-order chi connectivity index (χ0) is 12.8. The normalized spacial score (nSPS) is 9.18. The molecule has 1 aromatic rings. The zero-order valence-electron chi connectivity index (χ0n) is 8.28. The van der Waals surface area contributed by atoms with E-state index in [9.17, 15) is 19.2 Å². The van der Waals surface area contributed by atoms with Crippen LogP contribution in [-0.2, 0) is 23.9 Å². The van der Waals surface area contributed by atoms with Crippen LogP contribution in [0.15, 0.2) is 30.3 Å². The fourth-order valence-corrected chi connectivity index (χ4v) is 0.807. The summed E-state index contributed by atoms with van der Waals surface area (Å²) < 4.78 is 8.19. The van der Waals surface area contributed by atoms with E-state index < -0.39 is 23.9 Å². The highest BCUT2D eigenvalue weighted by Crippen LogP contribution is 2.08. The number of carbonyl (C=O) groups is 4. The third kappa shape index (κ3) is 3.74. The number of benzene rings is 1. The first kappa shape index (κ1) is 12.4. The van der Waals surface area contributed by atoms with E-state index in [0.29, 0.717) is 0 Å². The maximum atomic E-state index is 11.0. The Balaban J connectivity index is 2.57. The Bertz CT molecular complexity index is 463. The van der Waals surface area contributed by atoms with Crippen molar-refractivity contribution in [1.82, 2.24) is 0 Å². The van der Waals surface area contributed by atoms with Crippen molar-refractivity contribution in [2.24, 2.45) is 0 Å². The molecular formula is C10H6O7. The predicted octanol–water partition coefficient (Wildman–Crippen LogP) is -0.254. The van der Waals surface area contributed by atoms with Crippen LogP contribution in [-0.4, -0.2) is 29.0 Å². The molecule has 7 nitrogen and oxygen atoms in total. The third-order valence-corrected chi connectivity index (χ3v) is 1.48. The van der Waals surface area contributed by atoms with E-state index in [1.54, 1.807) is 18.2 Å². The molecule has 0 bridgehead atoms. The van der Waals surface area contributed by atoms with E-state index in [-0.39, 0.29) is 5.75 Å². The quantitative estimate of drug-likeness (QED) is 0.311. The highest BCUT2D eigenvalue weighted by atomic mass is 16.6. The van der Waals surface area contributed by atoms with Crippen LogP contribution in [0.3, 0.4) is 0 Å². The van der Waals surface area contributed by atoms with E-state index in [1.807, 2.05) is 0 Å². The Labute approximate surface area is 94.6 Å². The maximum absolute atomic E-state index is 11.0. The first-order chi connectivity index (χ1) is 8.00. The summed E-state index contributed by atoms with van der Waals surface area (Å²) in [6.45, 7) is 0. The van der Waals surface area contributed by atoms with E-state index >= 15 is 0 Å². The van der Waals surface area contributed by atoms with Gasteiger partial charge in [0.1, 0.15) is 5.75 Å². The molecule has 0 radical (unpaired) electrons. The molecule has 0 aliphatic rings. The number of para-hydroxylation sites is 1. The van der Waals surface area contributed by atoms with Gasteiger partial charge in [0.2, 0.25) is 0 Å². The summed E-state index contributed by atoms with van der Waals surface area (Å²) in [6, 6.07) is 7.55. The van der Waals surface area contributed by atoms with Crippen LogP contribution >= 0.6 is 0 Å². The van der Waals surface area contributed by atoms with Gasteiger partial charge in [-0.25, -0.2) is 19.2 Å². The Morgan fingerprint density at radius 2 is 1.47 bits per heavy atom. The Morgan fingerprint density at radius 1 is 0.882 bits per heavy atom. The van der Waals surface area contributed by atoms with Crippen LogP contribution in [0.4, 0.5) is 0 Å². The SMILES string of the molecule is O=C(O)C(=O)OC(=O)C(=O)Oc1ccccc1. The van der Waals surface area contributed by atoms with Gasteiger partial charge in [-0.3, -0.25) is 0 Å². The van der Waals surface area contributed by atoms with Gasteiger partial charge >= 0.3 is 23.9 Å². The van der Waals surface area contributed by atoms with E-state index in [1.165, 1.54) is 12.1 Å². The fourth-order valence-electron chi connectivity index (χ4n) is 0.807. The Hall–Kier alpha value is -2.70. The van der Waals surface area contributed by atoms with Crippen molar-refractivity contribution in [3.8, 4) is 5.75 Å². The highest BCUT2D eigenvalue weighted by molar-refractivity contribution is 6.38. The van der Waals surface area contributed by atoms with Gasteiger partial charge in [0.15, 0.2) is 0 Å². The molecule has 0 spiro atoms. The molecule has 0 fully saturated rings. The van der Waals surface area contributed by atoms with Crippen LogP contribution in [0.2, 0.25) is 0 Å².